The summed E-state index contributed by atoms with van der Waals surface area (Å²) in [5.74, 6) is -1.52. The van der Waals surface area contributed by atoms with Gasteiger partial charge in [-0.1, -0.05) is 39.0 Å². The molecular weight excluding hydrogens is 872 g/mol. The van der Waals surface area contributed by atoms with Crippen LogP contribution in [0.25, 0.3) is 22.3 Å². The molecule has 0 saturated carbocycles. The lowest BCUT2D eigenvalue weighted by Crippen LogP contribution is -2.45. The lowest BCUT2D eigenvalue weighted by Gasteiger charge is -2.32. The van der Waals surface area contributed by atoms with Crippen molar-refractivity contribution in [3.05, 3.63) is 65.2 Å². The Bertz CT molecular complexity index is 2660. The average molecular weight is 912 g/mol. The molecule has 4 aromatic heterocycles. The molecule has 4 bridgehead atoms. The smallest absolute Gasteiger partial charge is 0.367 e. The third-order valence-corrected chi connectivity index (χ3v) is 14.7. The second-order valence-electron chi connectivity index (χ2n) is 15.1. The van der Waals surface area contributed by atoms with Crippen molar-refractivity contribution in [3.8, 4) is 6.07 Å². The van der Waals surface area contributed by atoms with Gasteiger partial charge in [0.2, 0.25) is 11.9 Å². The summed E-state index contributed by atoms with van der Waals surface area (Å²) in [7, 11) is -7.20. The number of phosphoric ester groups is 1. The van der Waals surface area contributed by atoms with Gasteiger partial charge in [-0.05, 0) is 18.1 Å². The van der Waals surface area contributed by atoms with Gasteiger partial charge in [0.05, 0.1) is 51.6 Å². The van der Waals surface area contributed by atoms with E-state index in [2.05, 4.69) is 40.5 Å². The molecule has 4 saturated heterocycles. The maximum atomic E-state index is 14.7. The number of fused-ring (bicyclic) bond motifs is 4. The highest BCUT2D eigenvalue weighted by Crippen LogP contribution is 2.61. The predicted octanol–water partition coefficient (Wildman–Crippen LogP) is 3.80. The minimum Gasteiger partial charge on any atom is -0.367 e. The van der Waals surface area contributed by atoms with Gasteiger partial charge in [-0.25, -0.2) is 24.5 Å². The van der Waals surface area contributed by atoms with Crippen molar-refractivity contribution in [2.75, 3.05) is 37.1 Å². The van der Waals surface area contributed by atoms with Crippen LogP contribution in [0.2, 0.25) is 0 Å². The molecular formula is C36H39N11O12P2S. The third-order valence-electron chi connectivity index (χ3n) is 10.8. The molecule has 62 heavy (non-hydrogen) atoms. The topological polar surface area (TPSA) is 291 Å². The summed E-state index contributed by atoms with van der Waals surface area (Å²) in [4.78, 5) is 74.5. The van der Waals surface area contributed by atoms with E-state index in [0.29, 0.717) is 5.56 Å². The van der Waals surface area contributed by atoms with Crippen LogP contribution in [0.15, 0.2) is 54.1 Å². The largest absolute Gasteiger partial charge is 0.475 e. The van der Waals surface area contributed by atoms with E-state index >= 15 is 0 Å². The predicted molar refractivity (Wildman–Crippen MR) is 218 cm³/mol. The highest BCUT2D eigenvalue weighted by molar-refractivity contribution is 8.00. The number of phosphoric acid groups is 1. The Kier molecular flexibility index (Phi) is 11.7. The van der Waals surface area contributed by atoms with Crippen molar-refractivity contribution < 1.29 is 51.1 Å². The lowest BCUT2D eigenvalue weighted by molar-refractivity contribution is -0.183. The first-order valence-electron chi connectivity index (χ1n) is 19.4. The number of thioether (sulfide) groups is 1. The Labute approximate surface area is 356 Å². The number of nitrogens with zero attached hydrogens (tertiary/aromatic N) is 8. The molecule has 326 valence electrons. The molecule has 9 rings (SSSR count). The molecule has 26 heteroatoms. The summed E-state index contributed by atoms with van der Waals surface area (Å²) in [6.07, 6.45) is -0.0746. The number of nitriles is 1. The third kappa shape index (κ3) is 7.92. The molecule has 8 heterocycles. The number of amides is 2. The normalized spacial score (nSPS) is 31.0. The van der Waals surface area contributed by atoms with Crippen molar-refractivity contribution in [2.24, 2.45) is 11.8 Å². The first-order valence-corrected chi connectivity index (χ1v) is 22.9. The number of aromatic nitrogens is 8. The number of ether oxygens (including phenoxy) is 2. The fourth-order valence-electron chi connectivity index (χ4n) is 7.53. The van der Waals surface area contributed by atoms with Crippen molar-refractivity contribution >= 4 is 74.1 Å². The monoisotopic (exact) mass is 911 g/mol. The number of hydrogen-bond donors (Lipinski definition) is 4. The molecule has 5 aromatic rings. The summed E-state index contributed by atoms with van der Waals surface area (Å²) < 4.78 is 61.1. The number of aromatic amines is 1. The second-order valence-corrected chi connectivity index (χ2v) is 19.0. The van der Waals surface area contributed by atoms with Crippen LogP contribution in [-0.4, -0.2) is 111 Å². The van der Waals surface area contributed by atoms with Crippen molar-refractivity contribution in [1.29, 1.82) is 5.26 Å². The van der Waals surface area contributed by atoms with Gasteiger partial charge in [0.15, 0.2) is 34.4 Å². The molecule has 23 nitrogen and oxygen atoms in total. The Morgan fingerprint density at radius 3 is 2.69 bits per heavy atom. The van der Waals surface area contributed by atoms with E-state index in [1.54, 1.807) is 53.3 Å². The van der Waals surface area contributed by atoms with Crippen LogP contribution in [0.3, 0.4) is 0 Å². The summed E-state index contributed by atoms with van der Waals surface area (Å²) in [6, 6.07) is 10.5. The Hall–Kier alpha value is -4.76. The molecule has 4 N–H and O–H groups in total. The number of anilines is 2. The van der Waals surface area contributed by atoms with Crippen molar-refractivity contribution in [2.45, 2.75) is 68.0 Å². The number of carbonyl (C=O) groups excluding carboxylic acids is 2. The summed E-state index contributed by atoms with van der Waals surface area (Å²) in [6.45, 7) is 4.20. The summed E-state index contributed by atoms with van der Waals surface area (Å²) in [5.41, 5.74) is -1.08. The zero-order chi connectivity index (χ0) is 43.3. The van der Waals surface area contributed by atoms with Crippen LogP contribution >= 0.6 is 28.2 Å². The van der Waals surface area contributed by atoms with Gasteiger partial charge in [0, 0.05) is 16.7 Å². The molecule has 4 fully saturated rings. The molecule has 0 radical (unpaired) electrons. The number of rotatable bonds is 9. The number of benzene rings is 1. The van der Waals surface area contributed by atoms with Gasteiger partial charge in [-0.15, -0.1) is 11.8 Å². The van der Waals surface area contributed by atoms with Crippen LogP contribution < -0.4 is 16.2 Å². The van der Waals surface area contributed by atoms with Crippen LogP contribution in [-0.2, 0) is 41.5 Å². The van der Waals surface area contributed by atoms with E-state index in [1.165, 1.54) is 30.7 Å². The second kappa shape index (κ2) is 17.1. The standard InChI is InChI=1S/C36H39N11O12P2S/c1-18(2)30(48)44-35-43-29-23(32(50)45-35)41-17-47(29)34-24-19(3)21(62-34)12-56-61(52,55-11-7-10-37)59-26-25-33(57-36(26,13-53-25)14-54-60(51)58-24)46-16-40-22-27(38-15-39-28(22)46)42-31(49)20-8-5-4-6-9-20/h4-6,8-9,15-19,21,24-26,33-34,51H,7,11-14H2,1-3H3,(H,38,39,42,49)(H2,43,44,45,48,50)/t19-,21-,24-,25-,26+,33-,34-,36-,60?,61?/m1/s1. The summed E-state index contributed by atoms with van der Waals surface area (Å²) >= 11 is 1.32. The van der Waals surface area contributed by atoms with Crippen molar-refractivity contribution in [1.82, 2.24) is 39.0 Å². The summed E-state index contributed by atoms with van der Waals surface area (Å²) in [5, 5.41) is 13.5. The molecule has 10 atom stereocenters. The van der Waals surface area contributed by atoms with Crippen LogP contribution in [0.5, 0.6) is 0 Å². The Morgan fingerprint density at radius 2 is 1.90 bits per heavy atom. The zero-order valence-corrected chi connectivity index (χ0v) is 35.7. The van der Waals surface area contributed by atoms with Crippen LogP contribution in [0.4, 0.5) is 11.8 Å². The van der Waals surface area contributed by atoms with Crippen LogP contribution in [0.1, 0.15) is 49.2 Å². The minimum atomic E-state index is -4.54. The number of hydrogen-bond acceptors (Lipinski definition) is 19. The molecule has 2 amide bonds. The van der Waals surface area contributed by atoms with Crippen molar-refractivity contribution in [3.63, 3.8) is 0 Å². The molecule has 0 aliphatic carbocycles. The Balaban J connectivity index is 1.02. The molecule has 4 aliphatic heterocycles. The minimum absolute atomic E-state index is 0.000816. The van der Waals surface area contributed by atoms with E-state index in [4.69, 9.17) is 32.1 Å². The van der Waals surface area contributed by atoms with Gasteiger partial charge in [-0.3, -0.25) is 47.4 Å². The SMILES string of the molecule is CC(C)C(=O)Nc1nc2c(ncn2[C@@H]2S[C@@H]3COP(=O)(OCCC#N)O[C@H]4[C@H]5OC[C@]4(COP(O)O[C@@H]2[C@@H]3C)O[C@H]5n2cnc3c(NC(=O)c4ccccc4)ncnc32)c(=O)[nH]1. The molecule has 4 aliphatic rings. The van der Waals surface area contributed by atoms with E-state index in [0.717, 1.165) is 0 Å². The molecule has 2 unspecified atom stereocenters. The highest BCUT2D eigenvalue weighted by Gasteiger charge is 2.66. The van der Waals surface area contributed by atoms with E-state index in [9.17, 15) is 29.1 Å². The van der Waals surface area contributed by atoms with Crippen LogP contribution in [0, 0.1) is 23.2 Å². The molecule has 1 aromatic carbocycles. The maximum absolute atomic E-state index is 14.7. The van der Waals surface area contributed by atoms with E-state index in [1.807, 2.05) is 13.0 Å². The maximum Gasteiger partial charge on any atom is 0.475 e. The fraction of sp³-hybridized carbons (Fsp3) is 0.472. The highest BCUT2D eigenvalue weighted by atomic mass is 32.2. The Morgan fingerprint density at radius 1 is 1.11 bits per heavy atom. The molecule has 0 spiro atoms. The number of nitrogens with one attached hydrogen (secondary N) is 3. The van der Waals surface area contributed by atoms with Gasteiger partial charge in [0.25, 0.3) is 11.5 Å². The zero-order valence-electron chi connectivity index (χ0n) is 33.1. The number of carbonyl (C=O) groups is 2. The van der Waals surface area contributed by atoms with Gasteiger partial charge in [-0.2, -0.15) is 10.2 Å². The average Bonchev–Trinajstić information content (AvgIpc) is 4.08. The van der Waals surface area contributed by atoms with Gasteiger partial charge < -0.3 is 28.7 Å². The lowest BCUT2D eigenvalue weighted by atomic mass is 10.0. The first-order chi connectivity index (χ1) is 29.9. The van der Waals surface area contributed by atoms with E-state index in [-0.39, 0.29) is 66.2 Å². The number of H-pyrrole nitrogens is 1. The number of imidazole rings is 2. The van der Waals surface area contributed by atoms with Gasteiger partial charge in [0.1, 0.15) is 35.6 Å². The fourth-order valence-corrected chi connectivity index (χ4v) is 11.7. The van der Waals surface area contributed by atoms with E-state index < -0.39 is 87.1 Å². The quantitative estimate of drug-likeness (QED) is 0.121. The van der Waals surface area contributed by atoms with Gasteiger partial charge >= 0.3 is 16.4 Å². The first kappa shape index (κ1) is 42.5.